The van der Waals surface area contributed by atoms with Crippen LogP contribution in [-0.2, 0) is 16.6 Å². The van der Waals surface area contributed by atoms with E-state index in [2.05, 4.69) is 33.7 Å². The number of fused-ring (bicyclic) bond motifs is 3. The standard InChI is InChI=1S/C26H29N3O3S/c1-20-10-12-22(13-11-20)33(31,32)28-16-14-27(15-17-28)18-21(30)19-29-25-8-4-2-6-23(25)24-7-3-5-9-26(24)29/h2-13,21,30H,14-19H2,1H3. The fourth-order valence-electron chi connectivity index (χ4n) is 4.78. The van der Waals surface area contributed by atoms with E-state index in [1.807, 2.05) is 43.3 Å². The number of piperazine rings is 1. The third kappa shape index (κ3) is 4.29. The second-order valence-electron chi connectivity index (χ2n) is 8.82. The lowest BCUT2D eigenvalue weighted by Gasteiger charge is -2.35. The van der Waals surface area contributed by atoms with Gasteiger partial charge in [0.25, 0.3) is 0 Å². The molecule has 5 rings (SSSR count). The fourth-order valence-corrected chi connectivity index (χ4v) is 6.20. The number of aliphatic hydroxyl groups excluding tert-OH is 1. The highest BCUT2D eigenvalue weighted by molar-refractivity contribution is 7.89. The number of hydrogen-bond acceptors (Lipinski definition) is 4. The smallest absolute Gasteiger partial charge is 0.243 e. The van der Waals surface area contributed by atoms with E-state index in [-0.39, 0.29) is 0 Å². The number of β-amino-alcohol motifs (C(OH)–C–C–N with tert-alkyl or cyclic N) is 1. The highest BCUT2D eigenvalue weighted by atomic mass is 32.2. The van der Waals surface area contributed by atoms with Crippen molar-refractivity contribution < 1.29 is 13.5 Å². The normalized spacial score (nSPS) is 17.0. The number of para-hydroxylation sites is 2. The van der Waals surface area contributed by atoms with E-state index >= 15 is 0 Å². The van der Waals surface area contributed by atoms with Gasteiger partial charge in [-0.3, -0.25) is 4.90 Å². The Labute approximate surface area is 194 Å². The largest absolute Gasteiger partial charge is 0.390 e. The van der Waals surface area contributed by atoms with Crippen molar-refractivity contribution in [3.63, 3.8) is 0 Å². The van der Waals surface area contributed by atoms with Crippen LogP contribution in [0.3, 0.4) is 0 Å². The van der Waals surface area contributed by atoms with Gasteiger partial charge in [-0.15, -0.1) is 0 Å². The van der Waals surface area contributed by atoms with Gasteiger partial charge in [0.1, 0.15) is 0 Å². The van der Waals surface area contributed by atoms with Gasteiger partial charge in [0.05, 0.1) is 17.5 Å². The quantitative estimate of drug-likeness (QED) is 0.476. The second kappa shape index (κ2) is 8.91. The summed E-state index contributed by atoms with van der Waals surface area (Å²) in [6.07, 6.45) is -0.551. The molecule has 0 aliphatic carbocycles. The molecule has 2 heterocycles. The summed E-state index contributed by atoms with van der Waals surface area (Å²) in [4.78, 5) is 2.49. The van der Waals surface area contributed by atoms with E-state index < -0.39 is 16.1 Å². The summed E-state index contributed by atoms with van der Waals surface area (Å²) in [5.41, 5.74) is 3.27. The van der Waals surface area contributed by atoms with Crippen molar-refractivity contribution in [3.05, 3.63) is 78.4 Å². The minimum atomic E-state index is -3.48. The SMILES string of the molecule is Cc1ccc(S(=O)(=O)N2CCN(CC(O)Cn3c4ccccc4c4ccccc43)CC2)cc1. The number of sulfonamides is 1. The topological polar surface area (TPSA) is 65.8 Å². The van der Waals surface area contributed by atoms with Crippen LogP contribution in [0.25, 0.3) is 21.8 Å². The zero-order chi connectivity index (χ0) is 23.0. The molecule has 0 radical (unpaired) electrons. The lowest BCUT2D eigenvalue weighted by atomic mass is 10.2. The predicted molar refractivity (Wildman–Crippen MR) is 132 cm³/mol. The van der Waals surface area contributed by atoms with Crippen molar-refractivity contribution in [3.8, 4) is 0 Å². The van der Waals surface area contributed by atoms with Gasteiger partial charge >= 0.3 is 0 Å². The maximum absolute atomic E-state index is 12.9. The van der Waals surface area contributed by atoms with Crippen LogP contribution >= 0.6 is 0 Å². The maximum Gasteiger partial charge on any atom is 0.243 e. The summed E-state index contributed by atoms with van der Waals surface area (Å²) < 4.78 is 29.6. The first-order valence-corrected chi connectivity index (χ1v) is 12.8. The number of rotatable bonds is 6. The van der Waals surface area contributed by atoms with Gasteiger partial charge in [0, 0.05) is 54.5 Å². The molecule has 1 aliphatic heterocycles. The molecule has 0 amide bonds. The van der Waals surface area contributed by atoms with Crippen LogP contribution in [-0.4, -0.2) is 66.1 Å². The molecule has 1 N–H and O–H groups in total. The zero-order valence-corrected chi connectivity index (χ0v) is 19.6. The predicted octanol–water partition coefficient (Wildman–Crippen LogP) is 3.47. The van der Waals surface area contributed by atoms with Gasteiger partial charge < -0.3 is 9.67 Å². The van der Waals surface area contributed by atoms with E-state index in [1.54, 1.807) is 16.4 Å². The monoisotopic (exact) mass is 463 g/mol. The average molecular weight is 464 g/mol. The summed E-state index contributed by atoms with van der Waals surface area (Å²) in [7, 11) is -3.48. The minimum Gasteiger partial charge on any atom is -0.390 e. The molecule has 33 heavy (non-hydrogen) atoms. The maximum atomic E-state index is 12.9. The highest BCUT2D eigenvalue weighted by Crippen LogP contribution is 2.29. The number of hydrogen-bond donors (Lipinski definition) is 1. The number of benzene rings is 3. The third-order valence-electron chi connectivity index (χ3n) is 6.53. The molecule has 0 bridgehead atoms. The van der Waals surface area contributed by atoms with E-state index in [9.17, 15) is 13.5 Å². The van der Waals surface area contributed by atoms with Crippen molar-refractivity contribution in [2.45, 2.75) is 24.5 Å². The molecule has 1 saturated heterocycles. The molecule has 1 fully saturated rings. The van der Waals surface area contributed by atoms with Crippen LogP contribution in [0.1, 0.15) is 5.56 Å². The second-order valence-corrected chi connectivity index (χ2v) is 10.8. The molecule has 172 valence electrons. The Bertz CT molecular complexity index is 1320. The minimum absolute atomic E-state index is 0.341. The lowest BCUT2D eigenvalue weighted by molar-refractivity contribution is 0.0823. The number of nitrogens with zero attached hydrogens (tertiary/aromatic N) is 3. The van der Waals surface area contributed by atoms with Gasteiger partial charge in [0.15, 0.2) is 0 Å². The number of aliphatic hydroxyl groups is 1. The first-order valence-electron chi connectivity index (χ1n) is 11.4. The van der Waals surface area contributed by atoms with E-state index in [1.165, 1.54) is 10.8 Å². The van der Waals surface area contributed by atoms with Gasteiger partial charge in [-0.1, -0.05) is 54.1 Å². The van der Waals surface area contributed by atoms with Crippen molar-refractivity contribution in [1.82, 2.24) is 13.8 Å². The first-order chi connectivity index (χ1) is 15.9. The van der Waals surface area contributed by atoms with Gasteiger partial charge in [0.2, 0.25) is 10.0 Å². The van der Waals surface area contributed by atoms with Gasteiger partial charge in [-0.05, 0) is 31.2 Å². The molecule has 1 unspecified atom stereocenters. The summed E-state index contributed by atoms with van der Waals surface area (Å²) in [6, 6.07) is 23.6. The fraction of sp³-hybridized carbons (Fsp3) is 0.308. The number of aryl methyl sites for hydroxylation is 1. The summed E-state index contributed by atoms with van der Waals surface area (Å²) in [5, 5.41) is 13.3. The average Bonchev–Trinajstić information content (AvgIpc) is 3.13. The Balaban J connectivity index is 1.25. The Hall–Kier alpha value is -2.71. The van der Waals surface area contributed by atoms with Crippen molar-refractivity contribution in [1.29, 1.82) is 0 Å². The molecular formula is C26H29N3O3S. The molecule has 0 spiro atoms. The summed E-state index contributed by atoms with van der Waals surface area (Å²) >= 11 is 0. The van der Waals surface area contributed by atoms with Crippen LogP contribution in [0.2, 0.25) is 0 Å². The Kier molecular flexibility index (Phi) is 5.97. The van der Waals surface area contributed by atoms with E-state index in [0.717, 1.165) is 16.6 Å². The lowest BCUT2D eigenvalue weighted by Crippen LogP contribution is -2.50. The van der Waals surface area contributed by atoms with Crippen molar-refractivity contribution in [2.24, 2.45) is 0 Å². The van der Waals surface area contributed by atoms with Crippen molar-refractivity contribution >= 4 is 31.8 Å². The number of aromatic nitrogens is 1. The Morgan fingerprint density at radius 2 is 1.33 bits per heavy atom. The highest BCUT2D eigenvalue weighted by Gasteiger charge is 2.29. The molecule has 7 heteroatoms. The molecule has 0 saturated carbocycles. The van der Waals surface area contributed by atoms with E-state index in [0.29, 0.717) is 44.2 Å². The Morgan fingerprint density at radius 1 is 0.788 bits per heavy atom. The first kappa shape index (κ1) is 22.1. The van der Waals surface area contributed by atoms with Gasteiger partial charge in [-0.2, -0.15) is 4.31 Å². The Morgan fingerprint density at radius 3 is 1.91 bits per heavy atom. The van der Waals surface area contributed by atoms with Crippen LogP contribution < -0.4 is 0 Å². The molecule has 1 aromatic heterocycles. The molecule has 6 nitrogen and oxygen atoms in total. The van der Waals surface area contributed by atoms with Crippen molar-refractivity contribution in [2.75, 3.05) is 32.7 Å². The zero-order valence-electron chi connectivity index (χ0n) is 18.8. The van der Waals surface area contributed by atoms with Crippen LogP contribution in [0.15, 0.2) is 77.7 Å². The van der Waals surface area contributed by atoms with Crippen LogP contribution in [0.4, 0.5) is 0 Å². The molecule has 1 atom stereocenters. The molecule has 1 aliphatic rings. The summed E-state index contributed by atoms with van der Waals surface area (Å²) in [5.74, 6) is 0. The van der Waals surface area contributed by atoms with Crippen LogP contribution in [0.5, 0.6) is 0 Å². The third-order valence-corrected chi connectivity index (χ3v) is 8.45. The molecule has 4 aromatic rings. The summed E-state index contributed by atoms with van der Waals surface area (Å²) in [6.45, 7) is 5.02. The van der Waals surface area contributed by atoms with E-state index in [4.69, 9.17) is 0 Å². The molecule has 3 aromatic carbocycles. The van der Waals surface area contributed by atoms with Gasteiger partial charge in [-0.25, -0.2) is 8.42 Å². The van der Waals surface area contributed by atoms with Crippen LogP contribution in [0, 0.1) is 6.92 Å². The molecular weight excluding hydrogens is 434 g/mol.